The zero-order valence-electron chi connectivity index (χ0n) is 13.5. The quantitative estimate of drug-likeness (QED) is 0.424. The van der Waals surface area contributed by atoms with Gasteiger partial charge in [-0.1, -0.05) is 40.9 Å². The van der Waals surface area contributed by atoms with Crippen LogP contribution in [-0.4, -0.2) is 20.2 Å². The minimum Gasteiger partial charge on any atom is -0.365 e. The number of thiophene rings is 1. The van der Waals surface area contributed by atoms with Crippen molar-refractivity contribution in [1.29, 1.82) is 0 Å². The molecule has 0 amide bonds. The third-order valence-electron chi connectivity index (χ3n) is 3.83. The highest BCUT2D eigenvalue weighted by Gasteiger charge is 2.17. The van der Waals surface area contributed by atoms with Crippen LogP contribution in [0.2, 0.25) is 15.1 Å². The minimum absolute atomic E-state index is 0.514. The number of nitrogens with zero attached hydrogens (tertiary/aromatic N) is 3. The van der Waals surface area contributed by atoms with Gasteiger partial charge in [0.2, 0.25) is 0 Å². The van der Waals surface area contributed by atoms with Gasteiger partial charge in [-0.2, -0.15) is 5.10 Å². The van der Waals surface area contributed by atoms with E-state index < -0.39 is 0 Å². The van der Waals surface area contributed by atoms with E-state index in [9.17, 15) is 0 Å². The fourth-order valence-electron chi connectivity index (χ4n) is 2.54. The van der Waals surface area contributed by atoms with Gasteiger partial charge in [0.05, 0.1) is 20.5 Å². The molecule has 2 N–H and O–H groups in total. The zero-order valence-corrected chi connectivity index (χ0v) is 16.6. The fourth-order valence-corrected chi connectivity index (χ4v) is 4.13. The first-order valence-electron chi connectivity index (χ1n) is 7.67. The number of benzene rings is 1. The Morgan fingerprint density at radius 1 is 1.12 bits per heavy atom. The number of rotatable bonds is 4. The van der Waals surface area contributed by atoms with E-state index in [0.717, 1.165) is 20.7 Å². The molecule has 3 heterocycles. The van der Waals surface area contributed by atoms with Gasteiger partial charge < -0.3 is 5.32 Å². The molecule has 26 heavy (non-hydrogen) atoms. The van der Waals surface area contributed by atoms with Gasteiger partial charge >= 0.3 is 0 Å². The van der Waals surface area contributed by atoms with Crippen molar-refractivity contribution in [3.63, 3.8) is 0 Å². The average molecular weight is 425 g/mol. The minimum atomic E-state index is 0.514. The second-order valence-electron chi connectivity index (χ2n) is 5.61. The Kier molecular flexibility index (Phi) is 4.75. The molecule has 0 aliphatic carbocycles. The summed E-state index contributed by atoms with van der Waals surface area (Å²) in [6.45, 7) is 2.49. The predicted octanol–water partition coefficient (Wildman–Crippen LogP) is 5.96. The van der Waals surface area contributed by atoms with Crippen LogP contribution in [-0.2, 0) is 6.54 Å². The Morgan fingerprint density at radius 2 is 1.96 bits per heavy atom. The number of hydrogen-bond donors (Lipinski definition) is 2. The summed E-state index contributed by atoms with van der Waals surface area (Å²) >= 11 is 20.1. The highest BCUT2D eigenvalue weighted by Crippen LogP contribution is 2.38. The number of aromatic nitrogens is 4. The third-order valence-corrected chi connectivity index (χ3v) is 6.15. The van der Waals surface area contributed by atoms with Crippen LogP contribution in [0.5, 0.6) is 0 Å². The summed E-state index contributed by atoms with van der Waals surface area (Å²) in [5.74, 6) is 1.20. The number of aromatic amines is 1. The number of H-pyrrole nitrogens is 1. The summed E-state index contributed by atoms with van der Waals surface area (Å²) in [6.07, 6.45) is 1.73. The molecule has 0 unspecified atom stereocenters. The standard InChI is InChI=1S/C17H12Cl3N5S/c1-8-14(20)13-16(21-7-9-2-3-10(18)11(19)6-9)23-15(24-17(13)26-8)12-4-5-22-25-12/h2-6H,7H2,1H3,(H,22,25)(H,21,23,24). The van der Waals surface area contributed by atoms with E-state index >= 15 is 0 Å². The molecule has 0 fully saturated rings. The maximum absolute atomic E-state index is 6.48. The van der Waals surface area contributed by atoms with Crippen molar-refractivity contribution in [1.82, 2.24) is 20.2 Å². The van der Waals surface area contributed by atoms with Crippen LogP contribution in [0, 0.1) is 6.92 Å². The molecule has 0 aliphatic heterocycles. The molecule has 0 aliphatic rings. The first-order valence-corrected chi connectivity index (χ1v) is 9.62. The van der Waals surface area contributed by atoms with Crippen molar-refractivity contribution < 1.29 is 0 Å². The SMILES string of the molecule is Cc1sc2nc(-c3cc[nH]n3)nc(NCc3ccc(Cl)c(Cl)c3)c2c1Cl. The highest BCUT2D eigenvalue weighted by molar-refractivity contribution is 7.19. The molecule has 0 saturated carbocycles. The van der Waals surface area contributed by atoms with E-state index in [1.165, 1.54) is 11.3 Å². The molecule has 0 atom stereocenters. The van der Waals surface area contributed by atoms with Gasteiger partial charge in [-0.05, 0) is 30.7 Å². The van der Waals surface area contributed by atoms with Crippen LogP contribution >= 0.6 is 46.1 Å². The number of hydrogen-bond acceptors (Lipinski definition) is 5. The van der Waals surface area contributed by atoms with Crippen LogP contribution < -0.4 is 5.32 Å². The van der Waals surface area contributed by atoms with E-state index in [1.807, 2.05) is 25.1 Å². The van der Waals surface area contributed by atoms with Gasteiger partial charge in [0.1, 0.15) is 16.3 Å². The lowest BCUT2D eigenvalue weighted by molar-refractivity contribution is 1.06. The van der Waals surface area contributed by atoms with E-state index in [1.54, 1.807) is 12.3 Å². The molecule has 0 spiro atoms. The first kappa shape index (κ1) is 17.5. The molecule has 3 aromatic heterocycles. The van der Waals surface area contributed by atoms with Crippen molar-refractivity contribution >= 4 is 62.2 Å². The van der Waals surface area contributed by atoms with Crippen molar-refractivity contribution in [3.8, 4) is 11.5 Å². The molecule has 9 heteroatoms. The third kappa shape index (κ3) is 3.25. The molecule has 0 radical (unpaired) electrons. The van der Waals surface area contributed by atoms with E-state index in [2.05, 4.69) is 25.5 Å². The molecule has 1 aromatic carbocycles. The van der Waals surface area contributed by atoms with Crippen molar-refractivity contribution in [3.05, 3.63) is 56.0 Å². The van der Waals surface area contributed by atoms with Crippen molar-refractivity contribution in [2.45, 2.75) is 13.5 Å². The molecular formula is C17H12Cl3N5S. The Labute approximate surface area is 168 Å². The topological polar surface area (TPSA) is 66.5 Å². The lowest BCUT2D eigenvalue weighted by Gasteiger charge is -2.09. The largest absolute Gasteiger partial charge is 0.365 e. The van der Waals surface area contributed by atoms with Gasteiger partial charge in [-0.15, -0.1) is 11.3 Å². The Bertz CT molecular complexity index is 1090. The summed E-state index contributed by atoms with van der Waals surface area (Å²) < 4.78 is 0. The maximum atomic E-state index is 6.48. The smallest absolute Gasteiger partial charge is 0.183 e. The second-order valence-corrected chi connectivity index (χ2v) is 8.01. The molecule has 4 aromatic rings. The predicted molar refractivity (Wildman–Crippen MR) is 109 cm³/mol. The van der Waals surface area contributed by atoms with E-state index in [4.69, 9.17) is 34.8 Å². The molecule has 0 saturated heterocycles. The normalized spacial score (nSPS) is 11.2. The fraction of sp³-hybridized carbons (Fsp3) is 0.118. The summed E-state index contributed by atoms with van der Waals surface area (Å²) in [5, 5.41) is 12.8. The number of nitrogens with one attached hydrogen (secondary N) is 2. The van der Waals surface area contributed by atoms with E-state index in [0.29, 0.717) is 38.9 Å². The molecule has 132 valence electrons. The van der Waals surface area contributed by atoms with Crippen molar-refractivity contribution in [2.24, 2.45) is 0 Å². The van der Waals surface area contributed by atoms with Gasteiger partial charge in [-0.3, -0.25) is 5.10 Å². The number of anilines is 1. The number of halogens is 3. The Morgan fingerprint density at radius 3 is 2.69 bits per heavy atom. The lowest BCUT2D eigenvalue weighted by atomic mass is 10.2. The summed E-state index contributed by atoms with van der Waals surface area (Å²) in [5.41, 5.74) is 1.65. The number of aryl methyl sites for hydroxylation is 1. The second kappa shape index (κ2) is 7.04. The molecule has 5 nitrogen and oxygen atoms in total. The number of fused-ring (bicyclic) bond motifs is 1. The first-order chi connectivity index (χ1) is 12.5. The molecule has 4 rings (SSSR count). The van der Waals surface area contributed by atoms with Gasteiger partial charge in [0.25, 0.3) is 0 Å². The lowest BCUT2D eigenvalue weighted by Crippen LogP contribution is -2.04. The van der Waals surface area contributed by atoms with Crippen LogP contribution in [0.25, 0.3) is 21.7 Å². The summed E-state index contributed by atoms with van der Waals surface area (Å²) in [7, 11) is 0. The molecular weight excluding hydrogens is 413 g/mol. The maximum Gasteiger partial charge on any atom is 0.183 e. The van der Waals surface area contributed by atoms with Crippen molar-refractivity contribution in [2.75, 3.05) is 5.32 Å². The van der Waals surface area contributed by atoms with Crippen LogP contribution in [0.1, 0.15) is 10.4 Å². The van der Waals surface area contributed by atoms with E-state index in [-0.39, 0.29) is 0 Å². The average Bonchev–Trinajstić information content (AvgIpc) is 3.25. The van der Waals surface area contributed by atoms with Crippen LogP contribution in [0.4, 0.5) is 5.82 Å². The molecule has 0 bridgehead atoms. The van der Waals surface area contributed by atoms with Gasteiger partial charge in [0.15, 0.2) is 5.82 Å². The Balaban J connectivity index is 1.75. The summed E-state index contributed by atoms with van der Waals surface area (Å²) in [4.78, 5) is 11.0. The van der Waals surface area contributed by atoms with Gasteiger partial charge in [-0.25, -0.2) is 9.97 Å². The summed E-state index contributed by atoms with van der Waals surface area (Å²) in [6, 6.07) is 7.33. The monoisotopic (exact) mass is 423 g/mol. The van der Waals surface area contributed by atoms with Crippen LogP contribution in [0.15, 0.2) is 30.5 Å². The highest BCUT2D eigenvalue weighted by atomic mass is 35.5. The van der Waals surface area contributed by atoms with Gasteiger partial charge in [0, 0.05) is 17.6 Å². The zero-order chi connectivity index (χ0) is 18.3. The van der Waals surface area contributed by atoms with Crippen LogP contribution in [0.3, 0.4) is 0 Å². The Hall–Kier alpha value is -1.86.